The van der Waals surface area contributed by atoms with Crippen LogP contribution in [0.3, 0.4) is 0 Å². The van der Waals surface area contributed by atoms with Crippen LogP contribution in [0.25, 0.3) is 0 Å². The molecular weight excluding hydrogens is 1130 g/mol. The average Bonchev–Trinajstić information content (AvgIpc) is 3.53. The summed E-state index contributed by atoms with van der Waals surface area (Å²) in [5, 5.41) is 10.5. The Labute approximate surface area is 517 Å². The minimum absolute atomic E-state index is 0.103. The predicted octanol–water partition coefficient (Wildman–Crippen LogP) is 18.1. The van der Waals surface area contributed by atoms with E-state index in [9.17, 15) is 43.2 Å². The second-order valence-corrected chi connectivity index (χ2v) is 28.4. The molecule has 0 bridgehead atoms. The van der Waals surface area contributed by atoms with Crippen molar-refractivity contribution in [2.75, 3.05) is 39.6 Å². The maximum Gasteiger partial charge on any atom is 0.472 e. The number of rotatable bonds is 63. The van der Waals surface area contributed by atoms with Crippen LogP contribution in [0.2, 0.25) is 0 Å². The Bertz CT molecular complexity index is 1700. The monoisotopic (exact) mass is 1250 g/mol. The molecular formula is C66H128O17P2. The molecule has 0 amide bonds. The fourth-order valence-electron chi connectivity index (χ4n) is 9.75. The molecule has 0 aliphatic carbocycles. The number of hydrogen-bond acceptors (Lipinski definition) is 15. The fourth-order valence-corrected chi connectivity index (χ4v) is 11.3. The Kier molecular flexibility index (Phi) is 54.8. The van der Waals surface area contributed by atoms with Crippen LogP contribution in [0.5, 0.6) is 0 Å². The van der Waals surface area contributed by atoms with Gasteiger partial charge in [-0.05, 0) is 49.4 Å². The quantitative estimate of drug-likeness (QED) is 0.0222. The summed E-state index contributed by atoms with van der Waals surface area (Å²) < 4.78 is 68.1. The maximum atomic E-state index is 13.0. The molecule has 0 heterocycles. The van der Waals surface area contributed by atoms with Crippen LogP contribution in [-0.2, 0) is 65.4 Å². The maximum absolute atomic E-state index is 13.0. The second kappa shape index (κ2) is 56.1. The zero-order valence-electron chi connectivity index (χ0n) is 55.2. The number of hydrogen-bond donors (Lipinski definition) is 3. The Hall–Kier alpha value is -1.94. The van der Waals surface area contributed by atoms with Gasteiger partial charge < -0.3 is 33.8 Å². The second-order valence-electron chi connectivity index (χ2n) is 25.5. The lowest BCUT2D eigenvalue weighted by atomic mass is 9.99. The molecule has 504 valence electrons. The van der Waals surface area contributed by atoms with Gasteiger partial charge >= 0.3 is 39.5 Å². The zero-order valence-corrected chi connectivity index (χ0v) is 57.0. The summed E-state index contributed by atoms with van der Waals surface area (Å²) in [6.45, 7) is 14.0. The average molecular weight is 1260 g/mol. The molecule has 0 aromatic carbocycles. The van der Waals surface area contributed by atoms with Gasteiger partial charge in [0.2, 0.25) is 0 Å². The summed E-state index contributed by atoms with van der Waals surface area (Å²) in [5.41, 5.74) is 0. The van der Waals surface area contributed by atoms with Gasteiger partial charge in [-0.15, -0.1) is 0 Å². The smallest absolute Gasteiger partial charge is 0.462 e. The Morgan fingerprint density at radius 2 is 0.565 bits per heavy atom. The summed E-state index contributed by atoms with van der Waals surface area (Å²) in [4.78, 5) is 72.3. The van der Waals surface area contributed by atoms with E-state index in [1.54, 1.807) is 0 Å². The first-order chi connectivity index (χ1) is 40.6. The fraction of sp³-hybridized carbons (Fsp3) is 0.939. The molecule has 0 saturated heterocycles. The van der Waals surface area contributed by atoms with E-state index >= 15 is 0 Å². The molecule has 0 aliphatic heterocycles. The summed E-state index contributed by atoms with van der Waals surface area (Å²) >= 11 is 0. The first-order valence-electron chi connectivity index (χ1n) is 34.2. The molecule has 0 fully saturated rings. The first-order valence-corrected chi connectivity index (χ1v) is 37.2. The van der Waals surface area contributed by atoms with Crippen molar-refractivity contribution in [3.8, 4) is 0 Å². The van der Waals surface area contributed by atoms with Crippen LogP contribution in [0.4, 0.5) is 0 Å². The van der Waals surface area contributed by atoms with Crippen molar-refractivity contribution in [3.63, 3.8) is 0 Å². The third-order valence-corrected chi connectivity index (χ3v) is 17.3. The van der Waals surface area contributed by atoms with Gasteiger partial charge in [-0.1, -0.05) is 267 Å². The van der Waals surface area contributed by atoms with Gasteiger partial charge in [0.05, 0.1) is 26.4 Å². The van der Waals surface area contributed by atoms with Crippen LogP contribution in [0.15, 0.2) is 0 Å². The normalized spacial score (nSPS) is 14.7. The van der Waals surface area contributed by atoms with Gasteiger partial charge in [-0.3, -0.25) is 37.3 Å². The van der Waals surface area contributed by atoms with Crippen molar-refractivity contribution in [1.82, 2.24) is 0 Å². The van der Waals surface area contributed by atoms with E-state index in [0.29, 0.717) is 31.6 Å². The number of carbonyl (C=O) groups is 4. The van der Waals surface area contributed by atoms with Crippen molar-refractivity contribution in [2.24, 2.45) is 23.7 Å². The lowest BCUT2D eigenvalue weighted by Crippen LogP contribution is -2.30. The molecule has 0 rings (SSSR count). The van der Waals surface area contributed by atoms with Gasteiger partial charge in [0.15, 0.2) is 12.2 Å². The molecule has 0 aromatic rings. The van der Waals surface area contributed by atoms with Crippen molar-refractivity contribution in [3.05, 3.63) is 0 Å². The van der Waals surface area contributed by atoms with E-state index in [4.69, 9.17) is 37.0 Å². The predicted molar refractivity (Wildman–Crippen MR) is 340 cm³/mol. The standard InChI is InChI=1S/C66H128O17P2/c1-9-59(8)45-37-29-20-12-10-11-13-22-32-40-48-65(70)82-62(53-77-64(69)47-39-31-25-24-28-36-44-58(6)7)55-81-85(74,75)79-51-60(67)50-78-84(72,73)80-54-61(83-66(71)49-41-33-23-17-15-19-27-35-43-57(4)5)52-76-63(68)46-38-30-21-16-14-18-26-34-42-56(2)3/h56-62,67H,9-55H2,1-8H3,(H,72,73)(H,74,75)/t59?,60?,61-,62-/m1/s1. The van der Waals surface area contributed by atoms with Gasteiger partial charge in [0, 0.05) is 25.7 Å². The minimum atomic E-state index is -4.95. The molecule has 0 aromatic heterocycles. The third kappa shape index (κ3) is 59.5. The van der Waals surface area contributed by atoms with E-state index in [0.717, 1.165) is 114 Å². The third-order valence-electron chi connectivity index (χ3n) is 15.4. The van der Waals surface area contributed by atoms with Crippen LogP contribution in [0, 0.1) is 23.7 Å². The van der Waals surface area contributed by atoms with Crippen molar-refractivity contribution in [1.29, 1.82) is 0 Å². The lowest BCUT2D eigenvalue weighted by molar-refractivity contribution is -0.161. The summed E-state index contributed by atoms with van der Waals surface area (Å²) in [7, 11) is -9.89. The molecule has 0 spiro atoms. The number of unbranched alkanes of at least 4 members (excludes halogenated alkanes) is 28. The summed E-state index contributed by atoms with van der Waals surface area (Å²) in [5.74, 6) is 0.788. The molecule has 17 nitrogen and oxygen atoms in total. The SMILES string of the molecule is CCC(C)CCCCCCCCCCCCC(=O)O[C@H](COC(=O)CCCCCCCCC(C)C)COP(=O)(O)OCC(O)COP(=O)(O)OC[C@@H](COC(=O)CCCCCCCCCCC(C)C)OC(=O)CCCCCCCCCCC(C)C. The number of esters is 4. The lowest BCUT2D eigenvalue weighted by Gasteiger charge is -2.21. The number of phosphoric ester groups is 2. The van der Waals surface area contributed by atoms with Gasteiger partial charge in [-0.2, -0.15) is 0 Å². The van der Waals surface area contributed by atoms with Gasteiger partial charge in [-0.25, -0.2) is 9.13 Å². The molecule has 0 saturated carbocycles. The number of ether oxygens (including phenoxy) is 4. The Morgan fingerprint density at radius 1 is 0.329 bits per heavy atom. The Balaban J connectivity index is 5.25. The van der Waals surface area contributed by atoms with Gasteiger partial charge in [0.25, 0.3) is 0 Å². The van der Waals surface area contributed by atoms with Gasteiger partial charge in [0.1, 0.15) is 19.3 Å². The van der Waals surface area contributed by atoms with Crippen LogP contribution < -0.4 is 0 Å². The summed E-state index contributed by atoms with van der Waals surface area (Å²) in [6.07, 6.45) is 36.3. The molecule has 3 N–H and O–H groups in total. The first kappa shape index (κ1) is 83.1. The highest BCUT2D eigenvalue weighted by atomic mass is 31.2. The summed E-state index contributed by atoms with van der Waals surface area (Å²) in [6, 6.07) is 0. The topological polar surface area (TPSA) is 237 Å². The van der Waals surface area contributed by atoms with E-state index in [1.807, 2.05) is 0 Å². The minimum Gasteiger partial charge on any atom is -0.462 e. The van der Waals surface area contributed by atoms with Crippen molar-refractivity contribution < 1.29 is 80.2 Å². The number of aliphatic hydroxyl groups is 1. The highest BCUT2D eigenvalue weighted by Gasteiger charge is 2.30. The van der Waals surface area contributed by atoms with E-state index in [2.05, 4.69) is 55.4 Å². The molecule has 4 unspecified atom stereocenters. The Morgan fingerprint density at radius 3 is 0.835 bits per heavy atom. The zero-order chi connectivity index (χ0) is 63.2. The van der Waals surface area contributed by atoms with Crippen molar-refractivity contribution in [2.45, 2.75) is 337 Å². The molecule has 19 heteroatoms. The molecule has 85 heavy (non-hydrogen) atoms. The van der Waals surface area contributed by atoms with E-state index in [-0.39, 0.29) is 25.7 Å². The van der Waals surface area contributed by atoms with Crippen LogP contribution in [-0.4, -0.2) is 96.7 Å². The van der Waals surface area contributed by atoms with E-state index in [1.165, 1.54) is 116 Å². The molecule has 0 aliphatic rings. The number of phosphoric acid groups is 2. The molecule has 6 atom stereocenters. The van der Waals surface area contributed by atoms with Crippen LogP contribution >= 0.6 is 15.6 Å². The molecule has 0 radical (unpaired) electrons. The number of aliphatic hydroxyl groups excluding tert-OH is 1. The highest BCUT2D eigenvalue weighted by Crippen LogP contribution is 2.45. The largest absolute Gasteiger partial charge is 0.472 e. The van der Waals surface area contributed by atoms with Crippen LogP contribution in [0.1, 0.15) is 319 Å². The number of carbonyl (C=O) groups excluding carboxylic acids is 4. The van der Waals surface area contributed by atoms with Crippen molar-refractivity contribution >= 4 is 39.5 Å². The van der Waals surface area contributed by atoms with E-state index < -0.39 is 97.5 Å². The highest BCUT2D eigenvalue weighted by molar-refractivity contribution is 7.47.